The van der Waals surface area contributed by atoms with Crippen LogP contribution in [0, 0.1) is 46.3 Å². The Labute approximate surface area is 175 Å². The molecule has 0 radical (unpaired) electrons. The van der Waals surface area contributed by atoms with Crippen molar-refractivity contribution in [3.63, 3.8) is 0 Å². The largest absolute Gasteiger partial charge is 0.327 e. The van der Waals surface area contributed by atoms with Crippen molar-refractivity contribution in [2.24, 2.45) is 52.1 Å². The summed E-state index contributed by atoms with van der Waals surface area (Å²) in [7, 11) is 0. The van der Waals surface area contributed by atoms with Crippen molar-refractivity contribution < 1.29 is 0 Å². The van der Waals surface area contributed by atoms with Gasteiger partial charge in [-0.3, -0.25) is 0 Å². The monoisotopic (exact) mass is 385 g/mol. The summed E-state index contributed by atoms with van der Waals surface area (Å²) in [5.74, 6) is 5.63. The van der Waals surface area contributed by atoms with Crippen molar-refractivity contribution in [1.82, 2.24) is 0 Å². The van der Waals surface area contributed by atoms with Crippen molar-refractivity contribution in [2.75, 3.05) is 0 Å². The van der Waals surface area contributed by atoms with Gasteiger partial charge in [0.25, 0.3) is 0 Å². The molecule has 4 aliphatic carbocycles. The van der Waals surface area contributed by atoms with E-state index in [4.69, 9.17) is 5.73 Å². The van der Waals surface area contributed by atoms with Crippen molar-refractivity contribution in [2.45, 2.75) is 111 Å². The Kier molecular flexibility index (Phi) is 5.80. The third-order valence-corrected chi connectivity index (χ3v) is 10.3. The summed E-state index contributed by atoms with van der Waals surface area (Å²) in [5, 5.41) is 0. The molecule has 0 spiro atoms. The van der Waals surface area contributed by atoms with Crippen molar-refractivity contribution >= 4 is 0 Å². The molecule has 0 bridgehead atoms. The highest BCUT2D eigenvalue weighted by Crippen LogP contribution is 2.67. The smallest absolute Gasteiger partial charge is 0.00766 e. The first-order chi connectivity index (χ1) is 13.3. The molecule has 1 nitrogen and oxygen atoms in total. The van der Waals surface area contributed by atoms with Gasteiger partial charge >= 0.3 is 0 Å². The van der Waals surface area contributed by atoms with Gasteiger partial charge in [-0.05, 0) is 97.7 Å². The Morgan fingerprint density at radius 1 is 1.00 bits per heavy atom. The minimum absolute atomic E-state index is 0.423. The highest BCUT2D eigenvalue weighted by molar-refractivity contribution is 5.25. The Hall–Kier alpha value is -0.300. The lowest BCUT2D eigenvalue weighted by atomic mass is 9.47. The van der Waals surface area contributed by atoms with Gasteiger partial charge in [0.2, 0.25) is 0 Å². The molecular formula is C27H47N. The number of allylic oxidation sites excluding steroid dienone is 1. The van der Waals surface area contributed by atoms with E-state index in [0.717, 1.165) is 35.5 Å². The van der Waals surface area contributed by atoms with Gasteiger partial charge in [0.15, 0.2) is 0 Å². The molecule has 28 heavy (non-hydrogen) atoms. The van der Waals surface area contributed by atoms with Crippen LogP contribution < -0.4 is 5.73 Å². The van der Waals surface area contributed by atoms with Gasteiger partial charge in [-0.2, -0.15) is 0 Å². The summed E-state index contributed by atoms with van der Waals surface area (Å²) in [5.41, 5.74) is 9.18. The van der Waals surface area contributed by atoms with Gasteiger partial charge in [0.1, 0.15) is 0 Å². The molecule has 0 aromatic carbocycles. The van der Waals surface area contributed by atoms with E-state index in [-0.39, 0.29) is 0 Å². The molecule has 4 rings (SSSR count). The van der Waals surface area contributed by atoms with E-state index in [0.29, 0.717) is 16.9 Å². The maximum atomic E-state index is 6.34. The van der Waals surface area contributed by atoms with E-state index in [1.54, 1.807) is 5.57 Å². The van der Waals surface area contributed by atoms with Crippen LogP contribution in [0.15, 0.2) is 11.6 Å². The van der Waals surface area contributed by atoms with Crippen molar-refractivity contribution in [3.8, 4) is 0 Å². The quantitative estimate of drug-likeness (QED) is 0.492. The zero-order chi connectivity index (χ0) is 20.1. The maximum absolute atomic E-state index is 6.34. The molecule has 160 valence electrons. The lowest BCUT2D eigenvalue weighted by Gasteiger charge is -2.58. The second-order valence-corrected chi connectivity index (χ2v) is 12.3. The third kappa shape index (κ3) is 3.42. The van der Waals surface area contributed by atoms with Gasteiger partial charge in [-0.1, -0.05) is 65.5 Å². The molecule has 2 N–H and O–H groups in total. The van der Waals surface area contributed by atoms with E-state index in [1.807, 2.05) is 0 Å². The van der Waals surface area contributed by atoms with Gasteiger partial charge in [-0.25, -0.2) is 0 Å². The number of fused-ring (bicyclic) bond motifs is 5. The van der Waals surface area contributed by atoms with Crippen LogP contribution in [-0.2, 0) is 0 Å². The van der Waals surface area contributed by atoms with E-state index in [2.05, 4.69) is 40.7 Å². The van der Waals surface area contributed by atoms with Crippen LogP contribution in [0.4, 0.5) is 0 Å². The fourth-order valence-electron chi connectivity index (χ4n) is 8.71. The zero-order valence-electron chi connectivity index (χ0n) is 19.5. The van der Waals surface area contributed by atoms with E-state index < -0.39 is 0 Å². The summed E-state index contributed by atoms with van der Waals surface area (Å²) in [6, 6.07) is 0.423. The van der Waals surface area contributed by atoms with Crippen LogP contribution in [0.1, 0.15) is 105 Å². The van der Waals surface area contributed by atoms with Gasteiger partial charge < -0.3 is 5.73 Å². The molecule has 8 atom stereocenters. The lowest BCUT2D eigenvalue weighted by Crippen LogP contribution is -2.51. The molecule has 0 amide bonds. The molecule has 5 unspecified atom stereocenters. The number of nitrogens with two attached hydrogens (primary N) is 1. The lowest BCUT2D eigenvalue weighted by molar-refractivity contribution is -0.0508. The average molecular weight is 386 g/mol. The van der Waals surface area contributed by atoms with Crippen LogP contribution in [0.25, 0.3) is 0 Å². The number of hydrogen-bond acceptors (Lipinski definition) is 1. The fourth-order valence-corrected chi connectivity index (χ4v) is 8.71. The second-order valence-electron chi connectivity index (χ2n) is 12.3. The molecular weight excluding hydrogens is 338 g/mol. The van der Waals surface area contributed by atoms with Crippen LogP contribution >= 0.6 is 0 Å². The fraction of sp³-hybridized carbons (Fsp3) is 0.926. The molecule has 3 fully saturated rings. The normalized spacial score (nSPS) is 46.5. The summed E-state index contributed by atoms with van der Waals surface area (Å²) in [4.78, 5) is 0. The van der Waals surface area contributed by atoms with Crippen LogP contribution in [0.3, 0.4) is 0 Å². The number of hydrogen-bond donors (Lipinski definition) is 1. The van der Waals surface area contributed by atoms with Gasteiger partial charge in [0, 0.05) is 6.04 Å². The molecule has 1 heteroatoms. The zero-order valence-corrected chi connectivity index (χ0v) is 19.5. The van der Waals surface area contributed by atoms with Crippen LogP contribution in [0.2, 0.25) is 0 Å². The minimum atomic E-state index is 0.423. The molecule has 0 heterocycles. The predicted molar refractivity (Wildman–Crippen MR) is 121 cm³/mol. The van der Waals surface area contributed by atoms with E-state index >= 15 is 0 Å². The first-order valence-electron chi connectivity index (χ1n) is 12.7. The van der Waals surface area contributed by atoms with Crippen LogP contribution in [-0.4, -0.2) is 6.04 Å². The van der Waals surface area contributed by atoms with Crippen molar-refractivity contribution in [3.05, 3.63) is 11.6 Å². The van der Waals surface area contributed by atoms with E-state index in [9.17, 15) is 0 Å². The predicted octanol–water partition coefficient (Wildman–Crippen LogP) is 7.36. The van der Waals surface area contributed by atoms with Crippen molar-refractivity contribution in [1.29, 1.82) is 0 Å². The molecule has 0 saturated heterocycles. The molecule has 0 aromatic rings. The first kappa shape index (κ1) is 21.0. The summed E-state index contributed by atoms with van der Waals surface area (Å²) in [6.45, 7) is 12.7. The summed E-state index contributed by atoms with van der Waals surface area (Å²) in [6.07, 6.45) is 18.1. The minimum Gasteiger partial charge on any atom is -0.327 e. The van der Waals surface area contributed by atoms with Gasteiger partial charge in [0.05, 0.1) is 0 Å². The average Bonchev–Trinajstić information content (AvgIpc) is 2.99. The Morgan fingerprint density at radius 2 is 1.79 bits per heavy atom. The van der Waals surface area contributed by atoms with E-state index in [1.165, 1.54) is 70.6 Å². The third-order valence-electron chi connectivity index (χ3n) is 10.3. The first-order valence-corrected chi connectivity index (χ1v) is 12.7. The second kappa shape index (κ2) is 7.75. The van der Waals surface area contributed by atoms with Gasteiger partial charge in [-0.15, -0.1) is 0 Å². The molecule has 3 saturated carbocycles. The molecule has 0 aromatic heterocycles. The Morgan fingerprint density at radius 3 is 2.54 bits per heavy atom. The highest BCUT2D eigenvalue weighted by Gasteiger charge is 2.58. The standard InChI is InChI=1S/C27H47N/c1-18(2)7-6-8-19(3)23-11-12-24-22-10-9-20-17-21(28)13-15-26(20,4)25(22)14-16-27(23,24)5/h9,18-19,21-25H,6-8,10-17,28H2,1-5H3/t19-,21+,22-,23?,24?,25?,26?,27?/m1/s1. The number of rotatable bonds is 5. The summed E-state index contributed by atoms with van der Waals surface area (Å²) >= 11 is 0. The molecule has 0 aliphatic heterocycles. The Bertz CT molecular complexity index is 591. The summed E-state index contributed by atoms with van der Waals surface area (Å²) < 4.78 is 0. The molecule has 4 aliphatic rings. The Balaban J connectivity index is 1.49. The SMILES string of the molecule is CC(C)CCC[C@@H](C)C1CCC2[C@H]3CC=C4C[C@@H](N)CCC4(C)C3CCC21C. The highest BCUT2D eigenvalue weighted by atomic mass is 14.7. The maximum Gasteiger partial charge on any atom is 0.00766 e. The topological polar surface area (TPSA) is 26.0 Å². The van der Waals surface area contributed by atoms with Crippen LogP contribution in [0.5, 0.6) is 0 Å².